The number of para-hydroxylation sites is 1. The average molecular weight is 480 g/mol. The van der Waals surface area contributed by atoms with Crippen molar-refractivity contribution in [2.45, 2.75) is 41.8 Å². The quantitative estimate of drug-likeness (QED) is 0.569. The van der Waals surface area contributed by atoms with Crippen molar-refractivity contribution < 1.29 is 22.7 Å². The van der Waals surface area contributed by atoms with E-state index in [0.717, 1.165) is 54.0 Å². The SMILES string of the molecule is CC(=O)OCCN1CCNCC1CCCN1c2ccccc2Sc2ccc(C(F)(F)F)cc21. The van der Waals surface area contributed by atoms with Crippen molar-refractivity contribution in [3.8, 4) is 0 Å². The van der Waals surface area contributed by atoms with Crippen LogP contribution >= 0.6 is 11.8 Å². The van der Waals surface area contributed by atoms with Crippen LogP contribution < -0.4 is 10.2 Å². The largest absolute Gasteiger partial charge is 0.465 e. The van der Waals surface area contributed by atoms with E-state index in [0.29, 0.717) is 31.4 Å². The molecule has 1 fully saturated rings. The lowest BCUT2D eigenvalue weighted by Gasteiger charge is -2.37. The summed E-state index contributed by atoms with van der Waals surface area (Å²) in [7, 11) is 0. The first-order valence-electron chi connectivity index (χ1n) is 11.2. The number of carbonyl (C=O) groups excluding carboxylic acids is 1. The van der Waals surface area contributed by atoms with Gasteiger partial charge >= 0.3 is 12.1 Å². The van der Waals surface area contributed by atoms with E-state index in [-0.39, 0.29) is 5.97 Å². The van der Waals surface area contributed by atoms with Crippen molar-refractivity contribution in [2.24, 2.45) is 0 Å². The minimum atomic E-state index is -4.38. The van der Waals surface area contributed by atoms with E-state index >= 15 is 0 Å². The molecule has 33 heavy (non-hydrogen) atoms. The van der Waals surface area contributed by atoms with Crippen molar-refractivity contribution in [2.75, 3.05) is 44.2 Å². The second-order valence-corrected chi connectivity index (χ2v) is 9.36. The maximum Gasteiger partial charge on any atom is 0.416 e. The van der Waals surface area contributed by atoms with E-state index in [1.54, 1.807) is 6.07 Å². The van der Waals surface area contributed by atoms with Gasteiger partial charge in [-0.3, -0.25) is 9.69 Å². The molecule has 1 N–H and O–H groups in total. The zero-order valence-corrected chi connectivity index (χ0v) is 19.3. The predicted molar refractivity (Wildman–Crippen MR) is 123 cm³/mol. The fourth-order valence-corrected chi connectivity index (χ4v) is 5.50. The number of halogens is 3. The number of fused-ring (bicyclic) bond motifs is 2. The molecule has 0 amide bonds. The third-order valence-electron chi connectivity index (χ3n) is 6.03. The normalized spacial score (nSPS) is 18.5. The van der Waals surface area contributed by atoms with Crippen molar-refractivity contribution in [1.29, 1.82) is 0 Å². The molecule has 0 radical (unpaired) electrons. The van der Waals surface area contributed by atoms with Crippen LogP contribution in [0, 0.1) is 0 Å². The molecule has 0 aliphatic carbocycles. The molecule has 178 valence electrons. The third kappa shape index (κ3) is 5.83. The maximum absolute atomic E-state index is 13.4. The van der Waals surface area contributed by atoms with Gasteiger partial charge in [-0.05, 0) is 43.2 Å². The number of benzene rings is 2. The summed E-state index contributed by atoms with van der Waals surface area (Å²) in [6.45, 7) is 5.71. The number of piperazine rings is 1. The molecule has 2 aliphatic heterocycles. The van der Waals surface area contributed by atoms with Gasteiger partial charge in [0.25, 0.3) is 0 Å². The number of hydrogen-bond donors (Lipinski definition) is 1. The summed E-state index contributed by atoms with van der Waals surface area (Å²) in [4.78, 5) is 17.3. The number of carbonyl (C=O) groups is 1. The Morgan fingerprint density at radius 1 is 1.15 bits per heavy atom. The van der Waals surface area contributed by atoms with Gasteiger partial charge in [0.05, 0.1) is 16.9 Å². The molecule has 2 aromatic carbocycles. The highest BCUT2D eigenvalue weighted by Gasteiger charge is 2.33. The monoisotopic (exact) mass is 479 g/mol. The number of hydrogen-bond acceptors (Lipinski definition) is 6. The minimum Gasteiger partial charge on any atom is -0.465 e. The average Bonchev–Trinajstić information content (AvgIpc) is 2.78. The Balaban J connectivity index is 1.47. The number of anilines is 2. The molecule has 2 aliphatic rings. The standard InChI is InChI=1S/C24H28F3N3O2S/c1-17(31)32-14-13-29-12-10-28-16-19(29)5-4-11-30-20-6-2-3-7-22(20)33-23-9-8-18(15-21(23)30)24(25,26)27/h2-3,6-9,15,19,28H,4-5,10-14,16H2,1H3. The Morgan fingerprint density at radius 3 is 2.73 bits per heavy atom. The molecular weight excluding hydrogens is 451 g/mol. The van der Waals surface area contributed by atoms with Crippen LogP contribution in [0.2, 0.25) is 0 Å². The molecule has 9 heteroatoms. The molecule has 5 nitrogen and oxygen atoms in total. The second kappa shape index (κ2) is 10.4. The first-order valence-corrected chi connectivity index (χ1v) is 12.0. The molecule has 1 saturated heterocycles. The van der Waals surface area contributed by atoms with E-state index in [4.69, 9.17) is 4.74 Å². The van der Waals surface area contributed by atoms with Gasteiger partial charge in [0.15, 0.2) is 0 Å². The van der Waals surface area contributed by atoms with Gasteiger partial charge in [-0.25, -0.2) is 0 Å². The highest BCUT2D eigenvalue weighted by atomic mass is 32.2. The van der Waals surface area contributed by atoms with Crippen molar-refractivity contribution in [1.82, 2.24) is 10.2 Å². The van der Waals surface area contributed by atoms with Gasteiger partial charge in [0, 0.05) is 55.5 Å². The fraction of sp³-hybridized carbons (Fsp3) is 0.458. The Labute approximate surface area is 196 Å². The summed E-state index contributed by atoms with van der Waals surface area (Å²) in [6, 6.07) is 12.2. The van der Waals surface area contributed by atoms with E-state index in [1.807, 2.05) is 29.2 Å². The predicted octanol–water partition coefficient (Wildman–Crippen LogP) is 4.93. The Bertz CT molecular complexity index is 986. The zero-order chi connectivity index (χ0) is 23.4. The molecule has 0 spiro atoms. The number of esters is 1. The van der Waals surface area contributed by atoms with Crippen LogP contribution in [-0.2, 0) is 15.7 Å². The van der Waals surface area contributed by atoms with Crippen LogP contribution in [0.4, 0.5) is 24.5 Å². The van der Waals surface area contributed by atoms with Gasteiger partial charge in [-0.2, -0.15) is 13.2 Å². The first-order chi connectivity index (χ1) is 15.8. The molecule has 2 heterocycles. The summed E-state index contributed by atoms with van der Waals surface area (Å²) < 4.78 is 45.3. The summed E-state index contributed by atoms with van der Waals surface area (Å²) in [5, 5.41) is 3.42. The second-order valence-electron chi connectivity index (χ2n) is 8.28. The van der Waals surface area contributed by atoms with E-state index < -0.39 is 11.7 Å². The Kier molecular flexibility index (Phi) is 7.51. The van der Waals surface area contributed by atoms with Gasteiger partial charge in [-0.15, -0.1) is 0 Å². The molecular formula is C24H28F3N3O2S. The lowest BCUT2D eigenvalue weighted by molar-refractivity contribution is -0.141. The highest BCUT2D eigenvalue weighted by Crippen LogP contribution is 2.49. The Hall–Kier alpha value is -2.23. The van der Waals surface area contributed by atoms with Gasteiger partial charge in [0.2, 0.25) is 0 Å². The lowest BCUT2D eigenvalue weighted by atomic mass is 10.1. The molecule has 1 atom stereocenters. The third-order valence-corrected chi connectivity index (χ3v) is 7.16. The molecule has 2 aromatic rings. The number of nitrogens with one attached hydrogen (secondary N) is 1. The smallest absolute Gasteiger partial charge is 0.416 e. The molecule has 0 saturated carbocycles. The van der Waals surface area contributed by atoms with E-state index in [1.165, 1.54) is 24.8 Å². The molecule has 0 bridgehead atoms. The summed E-state index contributed by atoms with van der Waals surface area (Å²) in [5.74, 6) is -0.278. The number of ether oxygens (including phenoxy) is 1. The number of alkyl halides is 3. The Morgan fingerprint density at radius 2 is 1.94 bits per heavy atom. The lowest BCUT2D eigenvalue weighted by Crippen LogP contribution is -2.52. The minimum absolute atomic E-state index is 0.278. The fourth-order valence-electron chi connectivity index (χ4n) is 4.42. The molecule has 1 unspecified atom stereocenters. The first kappa shape index (κ1) is 23.9. The zero-order valence-electron chi connectivity index (χ0n) is 18.5. The van der Waals surface area contributed by atoms with Crippen molar-refractivity contribution in [3.05, 3.63) is 48.0 Å². The van der Waals surface area contributed by atoms with Crippen molar-refractivity contribution in [3.63, 3.8) is 0 Å². The number of rotatable bonds is 7. The molecule has 0 aromatic heterocycles. The summed E-state index contributed by atoms with van der Waals surface area (Å²) in [6.07, 6.45) is -2.66. The maximum atomic E-state index is 13.4. The van der Waals surface area contributed by atoms with E-state index in [2.05, 4.69) is 10.2 Å². The van der Waals surface area contributed by atoms with Gasteiger partial charge in [-0.1, -0.05) is 23.9 Å². The van der Waals surface area contributed by atoms with Crippen LogP contribution in [0.1, 0.15) is 25.3 Å². The van der Waals surface area contributed by atoms with Crippen LogP contribution in [0.3, 0.4) is 0 Å². The topological polar surface area (TPSA) is 44.8 Å². The van der Waals surface area contributed by atoms with Crippen LogP contribution in [0.5, 0.6) is 0 Å². The summed E-state index contributed by atoms with van der Waals surface area (Å²) >= 11 is 1.51. The van der Waals surface area contributed by atoms with E-state index in [9.17, 15) is 18.0 Å². The van der Waals surface area contributed by atoms with Gasteiger partial charge in [0.1, 0.15) is 6.61 Å². The van der Waals surface area contributed by atoms with Crippen LogP contribution in [0.25, 0.3) is 0 Å². The van der Waals surface area contributed by atoms with Crippen LogP contribution in [0.15, 0.2) is 52.3 Å². The highest BCUT2D eigenvalue weighted by molar-refractivity contribution is 7.99. The molecule has 4 rings (SSSR count). The summed E-state index contributed by atoms with van der Waals surface area (Å²) in [5.41, 5.74) is 0.934. The van der Waals surface area contributed by atoms with Crippen LogP contribution in [-0.4, -0.2) is 56.2 Å². The number of nitrogens with zero attached hydrogens (tertiary/aromatic N) is 2. The van der Waals surface area contributed by atoms with Crippen molar-refractivity contribution >= 4 is 29.1 Å². The van der Waals surface area contributed by atoms with Gasteiger partial charge < -0.3 is 15.0 Å².